The van der Waals surface area contributed by atoms with Crippen molar-refractivity contribution < 1.29 is 14.4 Å². The summed E-state index contributed by atoms with van der Waals surface area (Å²) < 4.78 is 0. The number of nitrogens with one attached hydrogen (secondary N) is 3. The number of benzene rings is 1. The topological polar surface area (TPSA) is 87.3 Å². The Labute approximate surface area is 147 Å². The third kappa shape index (κ3) is 6.20. The van der Waals surface area contributed by atoms with Crippen molar-refractivity contribution in [2.24, 2.45) is 5.92 Å². The average Bonchev–Trinajstić information content (AvgIpc) is 2.55. The quantitative estimate of drug-likeness (QED) is 0.665. The number of amides is 3. The predicted octanol–water partition coefficient (Wildman–Crippen LogP) is 1.74. The molecule has 0 saturated heterocycles. The molecule has 0 aliphatic heterocycles. The Hall–Kier alpha value is -2.08. The van der Waals surface area contributed by atoms with Crippen LogP contribution in [-0.4, -0.2) is 36.9 Å². The number of halogens is 1. The second-order valence-electron chi connectivity index (χ2n) is 5.74. The molecule has 3 N–H and O–H groups in total. The number of rotatable bonds is 8. The van der Waals surface area contributed by atoms with E-state index in [4.69, 9.17) is 11.6 Å². The summed E-state index contributed by atoms with van der Waals surface area (Å²) in [7, 11) is 0. The summed E-state index contributed by atoms with van der Waals surface area (Å²) >= 11 is 6.00. The molecule has 1 rings (SSSR count). The van der Waals surface area contributed by atoms with Crippen LogP contribution in [0.25, 0.3) is 0 Å². The molecule has 0 spiro atoms. The van der Waals surface area contributed by atoms with Gasteiger partial charge in [-0.25, -0.2) is 0 Å². The van der Waals surface area contributed by atoms with E-state index in [9.17, 15) is 14.4 Å². The van der Waals surface area contributed by atoms with Gasteiger partial charge in [0.1, 0.15) is 6.04 Å². The first-order valence-electron chi connectivity index (χ1n) is 7.96. The highest BCUT2D eigenvalue weighted by molar-refractivity contribution is 6.33. The van der Waals surface area contributed by atoms with E-state index in [-0.39, 0.29) is 18.4 Å². The molecule has 0 heterocycles. The first-order chi connectivity index (χ1) is 11.4. The van der Waals surface area contributed by atoms with Gasteiger partial charge in [-0.3, -0.25) is 14.4 Å². The summed E-state index contributed by atoms with van der Waals surface area (Å²) in [5.74, 6) is -1.23. The minimum absolute atomic E-state index is 0.121. The Balaban J connectivity index is 2.66. The zero-order chi connectivity index (χ0) is 18.1. The van der Waals surface area contributed by atoms with Crippen LogP contribution in [0.3, 0.4) is 0 Å². The normalized spacial score (nSPS) is 11.7. The predicted molar refractivity (Wildman–Crippen MR) is 93.9 cm³/mol. The number of carbonyl (C=O) groups excluding carboxylic acids is 3. The van der Waals surface area contributed by atoms with E-state index < -0.39 is 17.9 Å². The van der Waals surface area contributed by atoms with Crippen LogP contribution in [0.5, 0.6) is 0 Å². The summed E-state index contributed by atoms with van der Waals surface area (Å²) in [6.45, 7) is 6.01. The molecule has 0 aliphatic rings. The third-order valence-corrected chi connectivity index (χ3v) is 3.68. The van der Waals surface area contributed by atoms with Crippen LogP contribution in [0, 0.1) is 5.92 Å². The largest absolute Gasteiger partial charge is 0.355 e. The van der Waals surface area contributed by atoms with Gasteiger partial charge in [0.25, 0.3) is 5.91 Å². The fourth-order valence-electron chi connectivity index (χ4n) is 2.00. The lowest BCUT2D eigenvalue weighted by Crippen LogP contribution is -2.51. The Kier molecular flexibility index (Phi) is 8.26. The first-order valence-corrected chi connectivity index (χ1v) is 8.34. The number of hydrogen-bond acceptors (Lipinski definition) is 3. The average molecular weight is 354 g/mol. The van der Waals surface area contributed by atoms with Gasteiger partial charge in [0.05, 0.1) is 17.1 Å². The maximum Gasteiger partial charge on any atom is 0.253 e. The van der Waals surface area contributed by atoms with Crippen LogP contribution in [0.1, 0.15) is 37.6 Å². The smallest absolute Gasteiger partial charge is 0.253 e. The van der Waals surface area contributed by atoms with Crippen LogP contribution >= 0.6 is 11.6 Å². The Bertz CT molecular complexity index is 590. The molecule has 1 aromatic rings. The van der Waals surface area contributed by atoms with Gasteiger partial charge in [0, 0.05) is 6.54 Å². The standard InChI is InChI=1S/C17H24ClN3O3/c1-4-9-19-14(22)10-20-17(24)15(11(2)3)21-16(23)12-7-5-6-8-13(12)18/h5-8,11,15H,4,9-10H2,1-3H3,(H,19,22)(H,20,24)(H,21,23). The maximum atomic E-state index is 12.3. The summed E-state index contributed by atoms with van der Waals surface area (Å²) in [4.78, 5) is 36.1. The van der Waals surface area contributed by atoms with E-state index in [1.807, 2.05) is 20.8 Å². The monoisotopic (exact) mass is 353 g/mol. The van der Waals surface area contributed by atoms with Gasteiger partial charge in [-0.2, -0.15) is 0 Å². The van der Waals surface area contributed by atoms with Gasteiger partial charge >= 0.3 is 0 Å². The zero-order valence-electron chi connectivity index (χ0n) is 14.2. The third-order valence-electron chi connectivity index (χ3n) is 3.35. The van der Waals surface area contributed by atoms with Crippen LogP contribution in [-0.2, 0) is 9.59 Å². The van der Waals surface area contributed by atoms with Crippen molar-refractivity contribution in [3.05, 3.63) is 34.9 Å². The Morgan fingerprint density at radius 1 is 1.12 bits per heavy atom. The maximum absolute atomic E-state index is 12.3. The minimum atomic E-state index is -0.757. The van der Waals surface area contributed by atoms with Gasteiger partial charge in [0.15, 0.2) is 0 Å². The zero-order valence-corrected chi connectivity index (χ0v) is 14.9. The van der Waals surface area contributed by atoms with Crippen LogP contribution in [0.15, 0.2) is 24.3 Å². The number of carbonyl (C=O) groups is 3. The summed E-state index contributed by atoms with van der Waals surface area (Å²) in [5.41, 5.74) is 0.304. The van der Waals surface area contributed by atoms with Crippen molar-refractivity contribution in [2.75, 3.05) is 13.1 Å². The van der Waals surface area contributed by atoms with Gasteiger partial charge in [-0.1, -0.05) is 44.5 Å². The van der Waals surface area contributed by atoms with Crippen LogP contribution < -0.4 is 16.0 Å². The van der Waals surface area contributed by atoms with Gasteiger partial charge < -0.3 is 16.0 Å². The molecule has 1 aromatic carbocycles. The SMILES string of the molecule is CCCNC(=O)CNC(=O)C(NC(=O)c1ccccc1Cl)C(C)C. The van der Waals surface area contributed by atoms with E-state index >= 15 is 0 Å². The molecule has 0 saturated carbocycles. The molecule has 0 aromatic heterocycles. The molecule has 1 atom stereocenters. The highest BCUT2D eigenvalue weighted by Crippen LogP contribution is 2.15. The molecular formula is C17H24ClN3O3. The van der Waals surface area contributed by atoms with E-state index in [0.29, 0.717) is 17.1 Å². The van der Waals surface area contributed by atoms with Crippen LogP contribution in [0.2, 0.25) is 5.02 Å². The van der Waals surface area contributed by atoms with Crippen molar-refractivity contribution in [3.63, 3.8) is 0 Å². The van der Waals surface area contributed by atoms with Crippen molar-refractivity contribution in [3.8, 4) is 0 Å². The molecule has 1 unspecified atom stereocenters. The summed E-state index contributed by atoms with van der Waals surface area (Å²) in [6.07, 6.45) is 0.822. The molecule has 0 aliphatic carbocycles. The Morgan fingerprint density at radius 3 is 2.38 bits per heavy atom. The highest BCUT2D eigenvalue weighted by atomic mass is 35.5. The van der Waals surface area contributed by atoms with Gasteiger partial charge in [-0.05, 0) is 24.5 Å². The molecular weight excluding hydrogens is 330 g/mol. The molecule has 6 nitrogen and oxygen atoms in total. The van der Waals surface area contributed by atoms with Crippen LogP contribution in [0.4, 0.5) is 0 Å². The first kappa shape index (κ1) is 20.0. The number of hydrogen-bond donors (Lipinski definition) is 3. The lowest BCUT2D eigenvalue weighted by molar-refractivity contribution is -0.127. The molecule has 132 valence electrons. The van der Waals surface area contributed by atoms with Gasteiger partial charge in [-0.15, -0.1) is 0 Å². The summed E-state index contributed by atoms with van der Waals surface area (Å²) in [5, 5.41) is 8.21. The van der Waals surface area contributed by atoms with E-state index in [1.54, 1.807) is 24.3 Å². The minimum Gasteiger partial charge on any atom is -0.355 e. The lowest BCUT2D eigenvalue weighted by Gasteiger charge is -2.22. The molecule has 24 heavy (non-hydrogen) atoms. The van der Waals surface area contributed by atoms with E-state index in [0.717, 1.165) is 6.42 Å². The summed E-state index contributed by atoms with van der Waals surface area (Å²) in [6, 6.07) is 5.86. The lowest BCUT2D eigenvalue weighted by atomic mass is 10.0. The van der Waals surface area contributed by atoms with Crippen molar-refractivity contribution in [2.45, 2.75) is 33.2 Å². The van der Waals surface area contributed by atoms with Crippen molar-refractivity contribution >= 4 is 29.3 Å². The Morgan fingerprint density at radius 2 is 1.79 bits per heavy atom. The van der Waals surface area contributed by atoms with Crippen molar-refractivity contribution in [1.29, 1.82) is 0 Å². The second-order valence-corrected chi connectivity index (χ2v) is 6.15. The van der Waals surface area contributed by atoms with E-state index in [2.05, 4.69) is 16.0 Å². The molecule has 0 radical (unpaired) electrons. The fraction of sp³-hybridized carbons (Fsp3) is 0.471. The van der Waals surface area contributed by atoms with Crippen molar-refractivity contribution in [1.82, 2.24) is 16.0 Å². The fourth-order valence-corrected chi connectivity index (χ4v) is 2.23. The molecule has 0 fully saturated rings. The molecule has 0 bridgehead atoms. The second kappa shape index (κ2) is 9.93. The molecule has 3 amide bonds. The van der Waals surface area contributed by atoms with E-state index in [1.165, 1.54) is 0 Å². The molecule has 7 heteroatoms. The van der Waals surface area contributed by atoms with Gasteiger partial charge in [0.2, 0.25) is 11.8 Å². The highest BCUT2D eigenvalue weighted by Gasteiger charge is 2.25.